The molecule has 1 amide bonds. The normalized spacial score (nSPS) is 12.2. The fourth-order valence-electron chi connectivity index (χ4n) is 1.66. The molecule has 0 saturated heterocycles. The quantitative estimate of drug-likeness (QED) is 0.660. The first-order valence-corrected chi connectivity index (χ1v) is 5.54. The van der Waals surface area contributed by atoms with Crippen molar-refractivity contribution in [2.45, 2.75) is 52.5 Å². The van der Waals surface area contributed by atoms with Gasteiger partial charge in [-0.15, -0.1) is 0 Å². The van der Waals surface area contributed by atoms with E-state index >= 15 is 0 Å². The van der Waals surface area contributed by atoms with Crippen LogP contribution in [0.1, 0.15) is 46.5 Å². The first kappa shape index (κ1) is 13.9. The fourth-order valence-corrected chi connectivity index (χ4v) is 1.66. The number of nitrogens with zero attached hydrogens (tertiary/aromatic N) is 1. The van der Waals surface area contributed by atoms with Gasteiger partial charge in [0.1, 0.15) is 6.04 Å². The third-order valence-electron chi connectivity index (χ3n) is 2.49. The Labute approximate surface area is 91.3 Å². The number of hydrogen-bond donors (Lipinski definition) is 1. The molecule has 0 saturated carbocycles. The van der Waals surface area contributed by atoms with Gasteiger partial charge in [0.25, 0.3) is 0 Å². The van der Waals surface area contributed by atoms with Gasteiger partial charge < -0.3 is 10.0 Å². The van der Waals surface area contributed by atoms with Crippen molar-refractivity contribution in [1.82, 2.24) is 4.90 Å². The number of unbranched alkanes of at least 4 members (excludes halogenated alkanes) is 2. The number of likely N-dealkylation sites (N-methyl/N-ethyl adjacent to an activating group) is 1. The van der Waals surface area contributed by atoms with Crippen LogP contribution >= 0.6 is 0 Å². The molecule has 0 radical (unpaired) electrons. The fraction of sp³-hybridized carbons (Fsp3) is 0.818. The van der Waals surface area contributed by atoms with Gasteiger partial charge in [0.2, 0.25) is 5.91 Å². The van der Waals surface area contributed by atoms with E-state index in [0.717, 1.165) is 19.3 Å². The van der Waals surface area contributed by atoms with Crippen molar-refractivity contribution in [2.75, 3.05) is 6.54 Å². The molecule has 15 heavy (non-hydrogen) atoms. The Bertz CT molecular complexity index is 216. The second-order valence-corrected chi connectivity index (χ2v) is 3.65. The van der Waals surface area contributed by atoms with Crippen LogP contribution in [0, 0.1) is 0 Å². The topological polar surface area (TPSA) is 57.6 Å². The summed E-state index contributed by atoms with van der Waals surface area (Å²) < 4.78 is 0. The molecule has 88 valence electrons. The summed E-state index contributed by atoms with van der Waals surface area (Å²) in [5.41, 5.74) is 0. The Kier molecular flexibility index (Phi) is 6.75. The first-order valence-electron chi connectivity index (χ1n) is 5.54. The van der Waals surface area contributed by atoms with Gasteiger partial charge in [0.15, 0.2) is 0 Å². The van der Waals surface area contributed by atoms with Gasteiger partial charge in [-0.2, -0.15) is 0 Å². The molecule has 0 aromatic heterocycles. The molecule has 1 N–H and O–H groups in total. The highest BCUT2D eigenvalue weighted by atomic mass is 16.4. The standard InChI is InChI=1S/C11H21NO3/c1-4-6-7-8-10(11(14)15)12(5-2)9(3)13/h10H,4-8H2,1-3H3,(H,14,15). The molecule has 0 spiro atoms. The summed E-state index contributed by atoms with van der Waals surface area (Å²) in [4.78, 5) is 23.6. The number of rotatable bonds is 7. The van der Waals surface area contributed by atoms with Crippen LogP contribution in [0.3, 0.4) is 0 Å². The molecule has 4 heteroatoms. The van der Waals surface area contributed by atoms with E-state index in [-0.39, 0.29) is 5.91 Å². The van der Waals surface area contributed by atoms with Crippen LogP contribution in [0.2, 0.25) is 0 Å². The van der Waals surface area contributed by atoms with E-state index < -0.39 is 12.0 Å². The van der Waals surface area contributed by atoms with Gasteiger partial charge in [-0.1, -0.05) is 26.2 Å². The summed E-state index contributed by atoms with van der Waals surface area (Å²) in [7, 11) is 0. The minimum absolute atomic E-state index is 0.165. The van der Waals surface area contributed by atoms with E-state index in [1.807, 2.05) is 0 Å². The lowest BCUT2D eigenvalue weighted by Crippen LogP contribution is -2.43. The van der Waals surface area contributed by atoms with Gasteiger partial charge in [0, 0.05) is 13.5 Å². The molecule has 0 aliphatic heterocycles. The van der Waals surface area contributed by atoms with E-state index in [9.17, 15) is 9.59 Å². The largest absolute Gasteiger partial charge is 0.480 e. The number of amides is 1. The van der Waals surface area contributed by atoms with E-state index in [1.54, 1.807) is 6.92 Å². The molecule has 4 nitrogen and oxygen atoms in total. The molecular weight excluding hydrogens is 194 g/mol. The van der Waals surface area contributed by atoms with E-state index in [0.29, 0.717) is 13.0 Å². The van der Waals surface area contributed by atoms with Crippen molar-refractivity contribution in [3.63, 3.8) is 0 Å². The predicted molar refractivity (Wildman–Crippen MR) is 58.6 cm³/mol. The Morgan fingerprint density at radius 3 is 2.20 bits per heavy atom. The third kappa shape index (κ3) is 4.81. The molecule has 0 aromatic rings. The minimum Gasteiger partial charge on any atom is -0.480 e. The average Bonchev–Trinajstić information content (AvgIpc) is 2.16. The Morgan fingerprint density at radius 1 is 1.27 bits per heavy atom. The zero-order valence-electron chi connectivity index (χ0n) is 9.82. The Morgan fingerprint density at radius 2 is 1.87 bits per heavy atom. The predicted octanol–water partition coefficient (Wildman–Crippen LogP) is 1.89. The third-order valence-corrected chi connectivity index (χ3v) is 2.49. The molecule has 0 bridgehead atoms. The molecule has 0 heterocycles. The highest BCUT2D eigenvalue weighted by Gasteiger charge is 2.25. The van der Waals surface area contributed by atoms with Crippen molar-refractivity contribution in [3.8, 4) is 0 Å². The number of carbonyl (C=O) groups excluding carboxylic acids is 1. The van der Waals surface area contributed by atoms with Gasteiger partial charge >= 0.3 is 5.97 Å². The summed E-state index contributed by atoms with van der Waals surface area (Å²) in [6.45, 7) is 5.74. The molecule has 0 rings (SSSR count). The van der Waals surface area contributed by atoms with Crippen LogP contribution in [0.5, 0.6) is 0 Å². The monoisotopic (exact) mass is 215 g/mol. The van der Waals surface area contributed by atoms with Crippen molar-refractivity contribution in [2.24, 2.45) is 0 Å². The van der Waals surface area contributed by atoms with E-state index in [4.69, 9.17) is 5.11 Å². The molecule has 0 aliphatic carbocycles. The van der Waals surface area contributed by atoms with Crippen LogP contribution in [-0.4, -0.2) is 34.5 Å². The first-order chi connectivity index (χ1) is 7.04. The minimum atomic E-state index is -0.900. The highest BCUT2D eigenvalue weighted by molar-refractivity contribution is 5.82. The van der Waals surface area contributed by atoms with Gasteiger partial charge in [-0.3, -0.25) is 4.79 Å². The van der Waals surface area contributed by atoms with Crippen LogP contribution in [0.4, 0.5) is 0 Å². The molecule has 0 aromatic carbocycles. The lowest BCUT2D eigenvalue weighted by molar-refractivity contribution is -0.149. The Hall–Kier alpha value is -1.06. The van der Waals surface area contributed by atoms with Crippen LogP contribution in [-0.2, 0) is 9.59 Å². The lowest BCUT2D eigenvalue weighted by atomic mass is 10.1. The summed E-state index contributed by atoms with van der Waals surface area (Å²) >= 11 is 0. The van der Waals surface area contributed by atoms with Crippen molar-refractivity contribution < 1.29 is 14.7 Å². The lowest BCUT2D eigenvalue weighted by Gasteiger charge is -2.26. The van der Waals surface area contributed by atoms with Crippen LogP contribution in [0.25, 0.3) is 0 Å². The van der Waals surface area contributed by atoms with Crippen molar-refractivity contribution in [3.05, 3.63) is 0 Å². The maximum absolute atomic E-state index is 11.2. The zero-order valence-corrected chi connectivity index (χ0v) is 9.82. The number of hydrogen-bond acceptors (Lipinski definition) is 2. The van der Waals surface area contributed by atoms with Crippen molar-refractivity contribution in [1.29, 1.82) is 0 Å². The summed E-state index contributed by atoms with van der Waals surface area (Å²) in [6.07, 6.45) is 3.48. The summed E-state index contributed by atoms with van der Waals surface area (Å²) in [6, 6.07) is -0.654. The van der Waals surface area contributed by atoms with Crippen LogP contribution in [0.15, 0.2) is 0 Å². The number of carboxylic acid groups (broad SMARTS) is 1. The molecule has 0 aliphatic rings. The summed E-state index contributed by atoms with van der Waals surface area (Å²) in [5, 5.41) is 9.03. The molecular formula is C11H21NO3. The van der Waals surface area contributed by atoms with Gasteiger partial charge in [-0.05, 0) is 13.3 Å². The number of carboxylic acids is 1. The average molecular weight is 215 g/mol. The van der Waals surface area contributed by atoms with Crippen LogP contribution < -0.4 is 0 Å². The van der Waals surface area contributed by atoms with Crippen molar-refractivity contribution >= 4 is 11.9 Å². The van der Waals surface area contributed by atoms with E-state index in [1.165, 1.54) is 11.8 Å². The molecule has 1 atom stereocenters. The zero-order chi connectivity index (χ0) is 11.8. The highest BCUT2D eigenvalue weighted by Crippen LogP contribution is 2.10. The second-order valence-electron chi connectivity index (χ2n) is 3.65. The summed E-state index contributed by atoms with van der Waals surface area (Å²) in [5.74, 6) is -1.07. The Balaban J connectivity index is 4.35. The number of aliphatic carboxylic acids is 1. The maximum Gasteiger partial charge on any atom is 0.326 e. The SMILES string of the molecule is CCCCCC(C(=O)O)N(CC)C(C)=O. The maximum atomic E-state index is 11.2. The van der Waals surface area contributed by atoms with Gasteiger partial charge in [-0.25, -0.2) is 4.79 Å². The molecule has 1 unspecified atom stereocenters. The smallest absolute Gasteiger partial charge is 0.326 e. The van der Waals surface area contributed by atoms with E-state index in [2.05, 4.69) is 6.92 Å². The second kappa shape index (κ2) is 7.26. The number of carbonyl (C=O) groups is 2. The van der Waals surface area contributed by atoms with Gasteiger partial charge in [0.05, 0.1) is 0 Å². The molecule has 0 fully saturated rings.